The number of hydrogen-bond donors (Lipinski definition) is 0. The third-order valence-corrected chi connectivity index (χ3v) is 11.5. The predicted molar refractivity (Wildman–Crippen MR) is 150 cm³/mol. The summed E-state index contributed by atoms with van der Waals surface area (Å²) in [5.41, 5.74) is 15.3. The first kappa shape index (κ1) is 32.1. The van der Waals surface area contributed by atoms with Gasteiger partial charge in [0.05, 0.1) is 0 Å². The molecule has 4 rings (SSSR count). The van der Waals surface area contributed by atoms with Crippen LogP contribution >= 0.6 is 0 Å². The molecule has 0 spiro atoms. The van der Waals surface area contributed by atoms with Crippen LogP contribution in [0.4, 0.5) is 0 Å². The van der Waals surface area contributed by atoms with E-state index in [0.717, 1.165) is 0 Å². The number of benzene rings is 2. The fraction of sp³-hybridized carbons (Fsp3) is 0.412. The second-order valence-electron chi connectivity index (χ2n) is 12.7. The molecule has 2 aromatic rings. The van der Waals surface area contributed by atoms with Gasteiger partial charge < -0.3 is 24.8 Å². The van der Waals surface area contributed by atoms with E-state index in [1.165, 1.54) is 46.2 Å². The van der Waals surface area contributed by atoms with E-state index in [-0.39, 0.29) is 35.6 Å². The number of allylic oxidation sites excluding steroid dienone is 8. The first-order chi connectivity index (χ1) is 16.3. The van der Waals surface area contributed by atoms with Gasteiger partial charge >= 0.3 is 227 Å². The van der Waals surface area contributed by atoms with Gasteiger partial charge in [0.25, 0.3) is 0 Å². The smallest absolute Gasteiger partial charge is 1.00 e. The molecule has 0 N–H and O–H groups in total. The molecule has 0 aliphatic heterocycles. The molecule has 0 saturated carbocycles. The molecular formula is C34H42Cl2Zr. The van der Waals surface area contributed by atoms with E-state index in [1.807, 2.05) is 0 Å². The molecule has 2 aromatic carbocycles. The summed E-state index contributed by atoms with van der Waals surface area (Å²) in [5.74, 6) is 0. The van der Waals surface area contributed by atoms with Crippen molar-refractivity contribution < 1.29 is 48.0 Å². The van der Waals surface area contributed by atoms with Crippen LogP contribution in [0.5, 0.6) is 0 Å². The van der Waals surface area contributed by atoms with E-state index >= 15 is 0 Å². The molecule has 0 fully saturated rings. The zero-order chi connectivity index (χ0) is 25.7. The van der Waals surface area contributed by atoms with E-state index in [1.54, 1.807) is 28.9 Å². The molecule has 3 heteroatoms. The van der Waals surface area contributed by atoms with Gasteiger partial charge in [0.15, 0.2) is 0 Å². The summed E-state index contributed by atoms with van der Waals surface area (Å²) < 4.78 is 3.52. The Morgan fingerprint density at radius 3 is 1.08 bits per heavy atom. The minimum Gasteiger partial charge on any atom is -1.00 e. The summed E-state index contributed by atoms with van der Waals surface area (Å²) in [6.07, 6.45) is 2.35. The van der Waals surface area contributed by atoms with Crippen molar-refractivity contribution in [3.63, 3.8) is 0 Å². The maximum Gasteiger partial charge on any atom is -1.00 e. The molecule has 0 radical (unpaired) electrons. The van der Waals surface area contributed by atoms with Crippen molar-refractivity contribution in [2.24, 2.45) is 0 Å². The van der Waals surface area contributed by atoms with E-state index in [0.29, 0.717) is 0 Å². The summed E-state index contributed by atoms with van der Waals surface area (Å²) >= 11 is -0.904. The zero-order valence-corrected chi connectivity index (χ0v) is 28.3. The standard InChI is InChI=1S/2C17H21.2ClH.Zr/c2*1-12-6-11-16(13(12)2)14-7-9-15(10-8-14)17(3,4)5;;;/h2*7-10H,6H2,1-5H3;2*1H;/q;;;;+2/p-2. The zero-order valence-electron chi connectivity index (χ0n) is 24.3. The van der Waals surface area contributed by atoms with Gasteiger partial charge in [0.1, 0.15) is 0 Å². The maximum atomic E-state index is 2.38. The molecule has 0 saturated heterocycles. The molecule has 0 heterocycles. The normalized spacial score (nSPS) is 16.3. The fourth-order valence-corrected chi connectivity index (χ4v) is 10.2. The van der Waals surface area contributed by atoms with Crippen molar-refractivity contribution in [2.75, 3.05) is 0 Å². The maximum absolute atomic E-state index is 2.38. The van der Waals surface area contributed by atoms with Crippen molar-refractivity contribution in [3.05, 3.63) is 99.6 Å². The van der Waals surface area contributed by atoms with Crippen LogP contribution in [-0.4, -0.2) is 0 Å². The van der Waals surface area contributed by atoms with E-state index in [2.05, 4.69) is 118 Å². The third-order valence-electron chi connectivity index (χ3n) is 7.90. The Bertz CT molecular complexity index is 1170. The topological polar surface area (TPSA) is 0 Å². The first-order valence-corrected chi connectivity index (χ1v) is 15.5. The van der Waals surface area contributed by atoms with Crippen LogP contribution in [0.3, 0.4) is 0 Å². The molecule has 0 unspecified atom stereocenters. The van der Waals surface area contributed by atoms with Gasteiger partial charge in [-0.3, -0.25) is 0 Å². The fourth-order valence-electron chi connectivity index (χ4n) is 5.30. The second kappa shape index (κ2) is 11.9. The van der Waals surface area contributed by atoms with Crippen molar-refractivity contribution in [3.8, 4) is 0 Å². The number of hydrogen-bond acceptors (Lipinski definition) is 0. The minimum absolute atomic E-state index is 0. The van der Waals surface area contributed by atoms with E-state index in [9.17, 15) is 0 Å². The summed E-state index contributed by atoms with van der Waals surface area (Å²) in [5, 5.41) is 0. The van der Waals surface area contributed by atoms with Gasteiger partial charge in [-0.15, -0.1) is 0 Å². The van der Waals surface area contributed by atoms with Gasteiger partial charge in [-0.05, 0) is 0 Å². The summed E-state index contributed by atoms with van der Waals surface area (Å²) in [6, 6.07) is 18.9. The molecule has 196 valence electrons. The van der Waals surface area contributed by atoms with Gasteiger partial charge in [-0.25, -0.2) is 0 Å². The summed E-state index contributed by atoms with van der Waals surface area (Å²) in [7, 11) is 0. The molecule has 0 atom stereocenters. The Labute approximate surface area is 250 Å². The van der Waals surface area contributed by atoms with Crippen LogP contribution in [0.15, 0.2) is 77.4 Å². The Morgan fingerprint density at radius 2 is 0.811 bits per heavy atom. The van der Waals surface area contributed by atoms with Gasteiger partial charge in [0.2, 0.25) is 0 Å². The quantitative estimate of drug-likeness (QED) is 0.491. The average Bonchev–Trinajstić information content (AvgIpc) is 3.21. The molecule has 2 aliphatic carbocycles. The van der Waals surface area contributed by atoms with Crippen molar-refractivity contribution in [1.82, 2.24) is 0 Å². The van der Waals surface area contributed by atoms with Crippen LogP contribution in [0.2, 0.25) is 0 Å². The third kappa shape index (κ3) is 6.72. The van der Waals surface area contributed by atoms with Crippen molar-refractivity contribution >= 4 is 11.1 Å². The first-order valence-electron chi connectivity index (χ1n) is 13.1. The SMILES string of the molecule is CC1=C(C)C(c2ccc(C(C)(C)C)cc2)=[C]([Zr+2][C]2=C(c3ccc(C(C)(C)C)cc3)C(C)=C(C)C2)C1.[Cl-].[Cl-]. The minimum atomic E-state index is -0.904. The van der Waals surface area contributed by atoms with Gasteiger partial charge in [-0.1, -0.05) is 0 Å². The van der Waals surface area contributed by atoms with Crippen LogP contribution in [0.1, 0.15) is 104 Å². The van der Waals surface area contributed by atoms with Crippen molar-refractivity contribution in [1.29, 1.82) is 0 Å². The monoisotopic (exact) mass is 610 g/mol. The second-order valence-corrected chi connectivity index (χ2v) is 16.2. The number of halogens is 2. The van der Waals surface area contributed by atoms with E-state index in [4.69, 9.17) is 0 Å². The van der Waals surface area contributed by atoms with Crippen LogP contribution in [-0.2, 0) is 34.1 Å². The van der Waals surface area contributed by atoms with E-state index < -0.39 is 23.2 Å². The molecular weight excluding hydrogens is 571 g/mol. The molecule has 0 aromatic heterocycles. The van der Waals surface area contributed by atoms with Gasteiger partial charge in [0, 0.05) is 0 Å². The number of rotatable bonds is 4. The van der Waals surface area contributed by atoms with Gasteiger partial charge in [-0.2, -0.15) is 0 Å². The molecule has 2 aliphatic rings. The van der Waals surface area contributed by atoms with Crippen LogP contribution < -0.4 is 24.8 Å². The summed E-state index contributed by atoms with van der Waals surface area (Å²) in [4.78, 5) is 0. The Balaban J connectivity index is 0.00000241. The average molecular weight is 613 g/mol. The summed E-state index contributed by atoms with van der Waals surface area (Å²) in [6.45, 7) is 23.2. The predicted octanol–water partition coefficient (Wildman–Crippen LogP) is 3.97. The Kier molecular flexibility index (Phi) is 10.4. The van der Waals surface area contributed by atoms with Crippen LogP contribution in [0.25, 0.3) is 11.1 Å². The molecule has 37 heavy (non-hydrogen) atoms. The Hall–Kier alpha value is -1.14. The van der Waals surface area contributed by atoms with Crippen molar-refractivity contribution in [2.45, 2.75) is 92.9 Å². The molecule has 0 nitrogen and oxygen atoms in total. The molecule has 0 bridgehead atoms. The Morgan fingerprint density at radius 1 is 0.514 bits per heavy atom. The van der Waals surface area contributed by atoms with Crippen LogP contribution in [0, 0.1) is 0 Å². The largest absolute Gasteiger partial charge is 1.00 e. The molecule has 0 amide bonds.